The molecule has 9 saturated heterocycles. The number of oxime groups is 2. The van der Waals surface area contributed by atoms with Crippen LogP contribution in [0.2, 0.25) is 0 Å². The Morgan fingerprint density at radius 1 is 0.477 bits per heavy atom. The number of likely N-dealkylation sites (N-methyl/N-ethyl adjacent to an activating group) is 1. The van der Waals surface area contributed by atoms with E-state index in [2.05, 4.69) is 51.9 Å². The molecule has 9 aliphatic rings. The monoisotopic (exact) mass is 1830 g/mol. The number of aliphatic hydroxyl groups is 10. The van der Waals surface area contributed by atoms with Crippen molar-refractivity contribution >= 4 is 29.3 Å². The van der Waals surface area contributed by atoms with Crippen molar-refractivity contribution < 1.29 is 127 Å². The van der Waals surface area contributed by atoms with Gasteiger partial charge in [0.05, 0.1) is 99.9 Å². The van der Waals surface area contributed by atoms with Gasteiger partial charge >= 0.3 is 17.9 Å². The number of methoxy groups -OCH3 is 2. The summed E-state index contributed by atoms with van der Waals surface area (Å²) in [5.74, 6) is -7.66. The first-order valence-corrected chi connectivity index (χ1v) is 48.4. The van der Waals surface area contributed by atoms with Gasteiger partial charge in [0.2, 0.25) is 0 Å². The number of carbonyl (C=O) groups is 3. The molecule has 9 heterocycles. The van der Waals surface area contributed by atoms with Crippen molar-refractivity contribution in [2.24, 2.45) is 87.2 Å². The summed E-state index contributed by atoms with van der Waals surface area (Å²) < 4.78 is 68.2. The second kappa shape index (κ2) is 46.1. The summed E-state index contributed by atoms with van der Waals surface area (Å²) in [4.78, 5) is 55.1. The Bertz CT molecular complexity index is 3500. The number of esters is 3. The van der Waals surface area contributed by atoms with Crippen LogP contribution in [-0.2, 0) is 76.2 Å². The number of piperidine rings is 2. The van der Waals surface area contributed by atoms with E-state index in [-0.39, 0.29) is 110 Å². The van der Waals surface area contributed by atoms with E-state index in [1.54, 1.807) is 90.0 Å². The first-order valence-electron chi connectivity index (χ1n) is 48.4. The van der Waals surface area contributed by atoms with E-state index in [0.717, 1.165) is 71.2 Å². The summed E-state index contributed by atoms with van der Waals surface area (Å²) in [5, 5.41) is 134. The van der Waals surface area contributed by atoms with Crippen LogP contribution in [0.1, 0.15) is 277 Å². The van der Waals surface area contributed by atoms with E-state index in [4.69, 9.17) is 61.8 Å². The summed E-state index contributed by atoms with van der Waals surface area (Å²) in [6.45, 7) is 55.0. The third-order valence-electron chi connectivity index (χ3n) is 31.9. The van der Waals surface area contributed by atoms with Gasteiger partial charge in [0.15, 0.2) is 18.4 Å². The highest BCUT2D eigenvalue weighted by Crippen LogP contribution is 2.49. The van der Waals surface area contributed by atoms with E-state index in [1.807, 2.05) is 69.4 Å². The summed E-state index contributed by atoms with van der Waals surface area (Å²) in [6, 6.07) is -0.327. The minimum Gasteiger partial charge on any atom is -0.459 e. The molecule has 2 bridgehead atoms. The second-order valence-corrected chi connectivity index (χ2v) is 42.4. The quantitative estimate of drug-likeness (QED) is 0.0466. The zero-order valence-electron chi connectivity index (χ0n) is 83.6. The third kappa shape index (κ3) is 26.4. The fraction of sp³-hybridized carbons (Fsp3) is 0.948. The lowest BCUT2D eigenvalue weighted by molar-refractivity contribution is -0.306. The van der Waals surface area contributed by atoms with Crippen molar-refractivity contribution in [2.75, 3.05) is 67.1 Å². The maximum Gasteiger partial charge on any atom is 0.311 e. The second-order valence-electron chi connectivity index (χ2n) is 42.4. The van der Waals surface area contributed by atoms with E-state index in [1.165, 1.54) is 28.1 Å². The molecule has 0 aromatic heterocycles. The molecule has 39 atom stereocenters. The van der Waals surface area contributed by atoms with Gasteiger partial charge in [0, 0.05) is 109 Å². The number of cyclic esters (lactones) is 3. The van der Waals surface area contributed by atoms with Crippen LogP contribution in [0, 0.1) is 76.9 Å². The molecule has 0 aromatic rings. The maximum absolute atomic E-state index is 13.9. The largest absolute Gasteiger partial charge is 0.459 e. The Hall–Kier alpha value is -3.53. The molecule has 9 aliphatic heterocycles. The number of fused-ring (bicyclic) bond motifs is 3. The Kier molecular flexibility index (Phi) is 40.1. The molecular formula is C96H176N6O26. The van der Waals surface area contributed by atoms with Crippen molar-refractivity contribution in [3.63, 3.8) is 0 Å². The lowest BCUT2D eigenvalue weighted by atomic mass is 9.70. The zero-order chi connectivity index (χ0) is 96.4. The molecule has 1 spiro atoms. The molecule has 9 rings (SSSR count). The molecule has 0 radical (unpaired) electrons. The van der Waals surface area contributed by atoms with Crippen LogP contribution in [0.5, 0.6) is 0 Å². The van der Waals surface area contributed by atoms with Crippen LogP contribution in [0.4, 0.5) is 0 Å². The molecule has 128 heavy (non-hydrogen) atoms. The predicted octanol–water partition coefficient (Wildman–Crippen LogP) is 8.64. The minimum absolute atomic E-state index is 0.119. The van der Waals surface area contributed by atoms with Gasteiger partial charge in [-0.1, -0.05) is 100 Å². The lowest BCUT2D eigenvalue weighted by Crippen LogP contribution is -2.59. The maximum atomic E-state index is 13.9. The smallest absolute Gasteiger partial charge is 0.311 e. The molecule has 13 N–H and O–H groups in total. The van der Waals surface area contributed by atoms with E-state index < -0.39 is 184 Å². The van der Waals surface area contributed by atoms with Gasteiger partial charge in [-0.05, 0) is 210 Å². The SMILES string of the molecule is CC[C@H]1OC(=O)[C@H](C)[C@@H](O[C@H]2C[C@@](C)(OC)[C@@H](O)[C@H](C)O2)[C@H](C)[C@@H](C)[C@](C)(O)C[C@@H](C)C(=NOC2CCCNC2)[C@H](C)[C@@H](O)[C@]1(C)O.CC[C@H]1OC(=O)[C@H](C)[C@@H](O[C@H]2C[C@@](C)(OC)[C@@H](O)[C@H](C)O2)[C@H](C)[C@@H](C)[C@](C)(O)C[C@@H](C)C(=NOC2CCNC2)[C@H](C)[C@@H](O)[C@]1(C)O.CC[C@H]1OC(=O)[C@H](C)[C@@H]2C[C@@H](C)[C@](C)(C[C@@H](C)CN(C)[C@H](C)[C@@H](O)[C@]1(C)O)OC1(CCNCC1)O2. The van der Waals surface area contributed by atoms with Crippen LogP contribution in [0.25, 0.3) is 0 Å². The van der Waals surface area contributed by atoms with Gasteiger partial charge in [-0.3, -0.25) is 14.4 Å². The van der Waals surface area contributed by atoms with Gasteiger partial charge in [-0.2, -0.15) is 0 Å². The molecule has 32 heteroatoms. The Morgan fingerprint density at radius 2 is 0.867 bits per heavy atom. The van der Waals surface area contributed by atoms with E-state index in [9.17, 15) is 65.4 Å². The van der Waals surface area contributed by atoms with Gasteiger partial charge in [0.25, 0.3) is 0 Å². The van der Waals surface area contributed by atoms with Gasteiger partial charge < -0.3 is 134 Å². The van der Waals surface area contributed by atoms with E-state index >= 15 is 0 Å². The van der Waals surface area contributed by atoms with Crippen molar-refractivity contribution in [2.45, 2.75) is 438 Å². The van der Waals surface area contributed by atoms with Crippen LogP contribution in [-0.4, -0.2) is 313 Å². The van der Waals surface area contributed by atoms with Crippen LogP contribution in [0.3, 0.4) is 0 Å². The minimum atomic E-state index is -1.84. The predicted molar refractivity (Wildman–Crippen MR) is 485 cm³/mol. The topological polar surface area (TPSA) is 438 Å². The molecule has 0 aromatic carbocycles. The highest BCUT2D eigenvalue weighted by Gasteiger charge is 2.57. The molecule has 0 amide bonds. The summed E-state index contributed by atoms with van der Waals surface area (Å²) in [6.07, 6.45) is -5.97. The molecule has 2 unspecified atom stereocenters. The number of nitrogens with zero attached hydrogens (tertiary/aromatic N) is 3. The summed E-state index contributed by atoms with van der Waals surface area (Å²) in [5.41, 5.74) is -9.05. The number of hydrogen-bond acceptors (Lipinski definition) is 32. The molecule has 0 aliphatic carbocycles. The fourth-order valence-corrected chi connectivity index (χ4v) is 21.7. The van der Waals surface area contributed by atoms with Gasteiger partial charge in [-0.25, -0.2) is 0 Å². The molecule has 32 nitrogen and oxygen atoms in total. The number of rotatable bonds is 13. The van der Waals surface area contributed by atoms with Crippen molar-refractivity contribution in [3.05, 3.63) is 0 Å². The van der Waals surface area contributed by atoms with E-state index in [0.29, 0.717) is 37.4 Å². The highest BCUT2D eigenvalue weighted by atomic mass is 16.7. The number of hydrogen-bond donors (Lipinski definition) is 13. The Labute approximate surface area is 765 Å². The fourth-order valence-electron chi connectivity index (χ4n) is 21.7. The molecule has 9 fully saturated rings. The number of carbonyl (C=O) groups excluding carboxylic acids is 3. The molecule has 0 saturated carbocycles. The van der Waals surface area contributed by atoms with Crippen LogP contribution in [0.15, 0.2) is 10.3 Å². The number of aliphatic hydroxyl groups excluding tert-OH is 5. The van der Waals surface area contributed by atoms with Gasteiger partial charge in [0.1, 0.15) is 65.6 Å². The van der Waals surface area contributed by atoms with Crippen LogP contribution >= 0.6 is 0 Å². The normalized spacial score (nSPS) is 48.4. The average Bonchev–Trinajstić information content (AvgIpc) is 1.27. The lowest BCUT2D eigenvalue weighted by Gasteiger charge is -2.47. The van der Waals surface area contributed by atoms with Gasteiger partial charge in [-0.15, -0.1) is 0 Å². The average molecular weight is 1830 g/mol. The molecule has 746 valence electrons. The van der Waals surface area contributed by atoms with Crippen LogP contribution < -0.4 is 16.0 Å². The third-order valence-corrected chi connectivity index (χ3v) is 31.9. The number of nitrogens with one attached hydrogen (secondary N) is 3. The van der Waals surface area contributed by atoms with Crippen molar-refractivity contribution in [3.8, 4) is 0 Å². The first kappa shape index (κ1) is 111. The summed E-state index contributed by atoms with van der Waals surface area (Å²) in [7, 11) is 5.03. The van der Waals surface area contributed by atoms with Crippen molar-refractivity contribution in [1.82, 2.24) is 20.9 Å². The standard InChI is InChI=1S/C35H64N2O10.C34H62N2O10.C27H50N2O6/c1-12-26-35(10,42)30(38)21(4)28(37-47-25-14-13-15-36-18-25)19(2)16-33(8,41)23(6)20(3)29(22(5)32(40)45-26)46-27-17-34(9,43-11)31(39)24(7)44-27;1-12-25-34(10,41)29(37)20(4)27(36-46-24-13-14-35-17-24)18(2)15-32(8,40)22(6)19(3)28(21(5)31(39)44-25)45-26-16-33(9,42-11)30(38)23(7)43-26;1-9-22-26(7,32)23(30)20(5)29(8)16-17(2)15-25(6)18(3)14-21(19(4)24(31)33-22)34-27(35-25)10-12-28-13-11-27/h19-27,29-31,36,38-39,41-42H,12-18H2,1-11H3;18-26,28-30,35,37-38,40-41H,12-17H2,1-11H3;17-23,28,30,32H,9-16H2,1-8H3/t19-,20-,21+,22-,23-,24+,25?,26-,27+,29+,30-,31+,33-,34-,35-;18-,19-,20+,21-,22-,23+,24?,25-,26+,28+,29-,30+,32-,33-,34-;17-,18-,19-,20-,21+,22-,23-,25+,26-/m111/s1. The Morgan fingerprint density at radius 3 is 1.24 bits per heavy atom. The first-order chi connectivity index (χ1) is 59.3. The highest BCUT2D eigenvalue weighted by molar-refractivity contribution is 5.89. The zero-order valence-corrected chi connectivity index (χ0v) is 83.6. The molecular weight excluding hydrogens is 1650 g/mol. The Balaban J connectivity index is 0.000000266. The number of ether oxygens (including phenoxy) is 11. The van der Waals surface area contributed by atoms with Crippen molar-refractivity contribution in [1.29, 1.82) is 0 Å². The summed E-state index contributed by atoms with van der Waals surface area (Å²) >= 11 is 0.